The molecule has 0 spiro atoms. The molecular weight excluding hydrogens is 305 g/mol. The van der Waals surface area contributed by atoms with Crippen LogP contribution in [0.25, 0.3) is 0 Å². The number of carbonyl (C=O) groups is 1. The SMILES string of the molecule is N=C(N)C1(Cc2ccccc2)CCC(=O)N1Cc1ccc(F)cc1. The van der Waals surface area contributed by atoms with E-state index in [2.05, 4.69) is 0 Å². The molecular formula is C19H20FN3O. The third-order valence-corrected chi connectivity index (χ3v) is 4.66. The summed E-state index contributed by atoms with van der Waals surface area (Å²) in [5.74, 6) is -0.335. The summed E-state index contributed by atoms with van der Waals surface area (Å²) < 4.78 is 13.1. The molecule has 0 saturated carbocycles. The van der Waals surface area contributed by atoms with Crippen LogP contribution in [0.5, 0.6) is 0 Å². The molecule has 124 valence electrons. The van der Waals surface area contributed by atoms with Crippen LogP contribution in [0.15, 0.2) is 54.6 Å². The summed E-state index contributed by atoms with van der Waals surface area (Å²) in [6.45, 7) is 0.325. The van der Waals surface area contributed by atoms with Crippen LogP contribution in [0.4, 0.5) is 4.39 Å². The smallest absolute Gasteiger partial charge is 0.223 e. The summed E-state index contributed by atoms with van der Waals surface area (Å²) in [5, 5.41) is 8.13. The second-order valence-corrected chi connectivity index (χ2v) is 6.21. The van der Waals surface area contributed by atoms with E-state index in [1.165, 1.54) is 12.1 Å². The molecule has 1 aliphatic rings. The fraction of sp³-hybridized carbons (Fsp3) is 0.263. The van der Waals surface area contributed by atoms with Crippen LogP contribution in [0.3, 0.4) is 0 Å². The van der Waals surface area contributed by atoms with Gasteiger partial charge in [0, 0.05) is 19.4 Å². The molecule has 0 radical (unpaired) electrons. The summed E-state index contributed by atoms with van der Waals surface area (Å²) in [5.41, 5.74) is 6.99. The number of hydrogen-bond acceptors (Lipinski definition) is 2. The molecule has 3 rings (SSSR count). The molecule has 1 unspecified atom stereocenters. The Balaban J connectivity index is 1.92. The number of nitrogens with two attached hydrogens (primary N) is 1. The van der Waals surface area contributed by atoms with E-state index in [9.17, 15) is 9.18 Å². The molecule has 1 atom stereocenters. The Morgan fingerprint density at radius 3 is 2.42 bits per heavy atom. The Labute approximate surface area is 140 Å². The molecule has 5 heteroatoms. The molecule has 4 nitrogen and oxygen atoms in total. The van der Waals surface area contributed by atoms with Gasteiger partial charge < -0.3 is 10.6 Å². The number of nitrogens with one attached hydrogen (secondary N) is 1. The first-order chi connectivity index (χ1) is 11.5. The van der Waals surface area contributed by atoms with Crippen molar-refractivity contribution in [3.8, 4) is 0 Å². The third kappa shape index (κ3) is 3.02. The van der Waals surface area contributed by atoms with Crippen LogP contribution in [-0.4, -0.2) is 22.2 Å². The number of benzene rings is 2. The minimum Gasteiger partial charge on any atom is -0.386 e. The molecule has 0 aliphatic carbocycles. The molecule has 1 fully saturated rings. The average molecular weight is 325 g/mol. The molecule has 0 aromatic heterocycles. The van der Waals surface area contributed by atoms with E-state index in [4.69, 9.17) is 11.1 Å². The lowest BCUT2D eigenvalue weighted by atomic mass is 9.86. The van der Waals surface area contributed by atoms with Gasteiger partial charge in [-0.2, -0.15) is 0 Å². The van der Waals surface area contributed by atoms with Crippen LogP contribution < -0.4 is 5.73 Å². The van der Waals surface area contributed by atoms with Crippen molar-refractivity contribution < 1.29 is 9.18 Å². The third-order valence-electron chi connectivity index (χ3n) is 4.66. The van der Waals surface area contributed by atoms with Gasteiger partial charge >= 0.3 is 0 Å². The Kier molecular flexibility index (Phi) is 4.34. The van der Waals surface area contributed by atoms with Gasteiger partial charge in [0.2, 0.25) is 5.91 Å². The number of nitrogens with zero attached hydrogens (tertiary/aromatic N) is 1. The molecule has 3 N–H and O–H groups in total. The van der Waals surface area contributed by atoms with Crippen LogP contribution in [0, 0.1) is 11.2 Å². The highest BCUT2D eigenvalue weighted by atomic mass is 19.1. The van der Waals surface area contributed by atoms with Crippen molar-refractivity contribution in [3.63, 3.8) is 0 Å². The normalized spacial score (nSPS) is 20.4. The van der Waals surface area contributed by atoms with E-state index in [0.29, 0.717) is 25.8 Å². The maximum Gasteiger partial charge on any atom is 0.223 e. The van der Waals surface area contributed by atoms with Crippen LogP contribution in [0.2, 0.25) is 0 Å². The van der Waals surface area contributed by atoms with Gasteiger partial charge in [-0.3, -0.25) is 10.2 Å². The van der Waals surface area contributed by atoms with Crippen molar-refractivity contribution in [1.82, 2.24) is 4.90 Å². The molecule has 1 amide bonds. The van der Waals surface area contributed by atoms with E-state index in [1.54, 1.807) is 17.0 Å². The first-order valence-corrected chi connectivity index (χ1v) is 7.95. The number of amides is 1. The van der Waals surface area contributed by atoms with Gasteiger partial charge in [0.25, 0.3) is 0 Å². The highest BCUT2D eigenvalue weighted by molar-refractivity contribution is 5.95. The van der Waals surface area contributed by atoms with E-state index in [0.717, 1.165) is 11.1 Å². The Hall–Kier alpha value is -2.69. The molecule has 2 aromatic rings. The predicted octanol–water partition coefficient (Wildman–Crippen LogP) is 2.87. The van der Waals surface area contributed by atoms with Gasteiger partial charge in [-0.05, 0) is 29.7 Å². The zero-order chi connectivity index (χ0) is 17.2. The zero-order valence-corrected chi connectivity index (χ0v) is 13.3. The van der Waals surface area contributed by atoms with Gasteiger partial charge in [-0.25, -0.2) is 4.39 Å². The Morgan fingerprint density at radius 1 is 1.12 bits per heavy atom. The minimum atomic E-state index is -0.813. The van der Waals surface area contributed by atoms with Crippen molar-refractivity contribution in [1.29, 1.82) is 5.41 Å². The molecule has 24 heavy (non-hydrogen) atoms. The largest absolute Gasteiger partial charge is 0.386 e. The number of amidine groups is 1. The number of halogens is 1. The second kappa shape index (κ2) is 6.43. The summed E-state index contributed by atoms with van der Waals surface area (Å²) in [7, 11) is 0. The van der Waals surface area contributed by atoms with E-state index < -0.39 is 5.54 Å². The predicted molar refractivity (Wildman–Crippen MR) is 91.0 cm³/mol. The quantitative estimate of drug-likeness (QED) is 0.655. The molecule has 2 aromatic carbocycles. The van der Waals surface area contributed by atoms with Gasteiger partial charge in [0.05, 0.1) is 0 Å². The van der Waals surface area contributed by atoms with Crippen molar-refractivity contribution in [2.24, 2.45) is 5.73 Å². The Morgan fingerprint density at radius 2 is 1.79 bits per heavy atom. The van der Waals surface area contributed by atoms with Crippen molar-refractivity contribution >= 4 is 11.7 Å². The fourth-order valence-corrected chi connectivity index (χ4v) is 3.33. The molecule has 1 heterocycles. The highest BCUT2D eigenvalue weighted by Gasteiger charge is 2.47. The average Bonchev–Trinajstić information content (AvgIpc) is 2.88. The number of carbonyl (C=O) groups excluding carboxylic acids is 1. The first kappa shape index (κ1) is 16.2. The lowest BCUT2D eigenvalue weighted by Crippen LogP contribution is -2.55. The minimum absolute atomic E-state index is 0.000635. The second-order valence-electron chi connectivity index (χ2n) is 6.21. The van der Waals surface area contributed by atoms with Crippen molar-refractivity contribution in [3.05, 3.63) is 71.5 Å². The van der Waals surface area contributed by atoms with Crippen molar-refractivity contribution in [2.45, 2.75) is 31.3 Å². The maximum atomic E-state index is 13.1. The lowest BCUT2D eigenvalue weighted by molar-refractivity contribution is -0.130. The summed E-state index contributed by atoms with van der Waals surface area (Å²) in [6.07, 6.45) is 1.40. The standard InChI is InChI=1S/C19H20FN3O/c20-16-8-6-15(7-9-16)13-23-17(24)10-11-19(23,18(21)22)12-14-4-2-1-3-5-14/h1-9H,10-13H2,(H3,21,22). The molecule has 0 bridgehead atoms. The summed E-state index contributed by atoms with van der Waals surface area (Å²) in [6, 6.07) is 15.8. The molecule has 1 aliphatic heterocycles. The first-order valence-electron chi connectivity index (χ1n) is 7.95. The summed E-state index contributed by atoms with van der Waals surface area (Å²) in [4.78, 5) is 14.1. The van der Waals surface area contributed by atoms with E-state index in [-0.39, 0.29) is 17.6 Å². The zero-order valence-electron chi connectivity index (χ0n) is 13.3. The summed E-state index contributed by atoms with van der Waals surface area (Å²) >= 11 is 0. The number of rotatable bonds is 5. The highest BCUT2D eigenvalue weighted by Crippen LogP contribution is 2.35. The van der Waals surface area contributed by atoms with E-state index >= 15 is 0 Å². The van der Waals surface area contributed by atoms with Gasteiger partial charge in [-0.1, -0.05) is 42.5 Å². The van der Waals surface area contributed by atoms with Gasteiger partial charge in [0.15, 0.2) is 0 Å². The van der Waals surface area contributed by atoms with Gasteiger partial charge in [0.1, 0.15) is 17.2 Å². The van der Waals surface area contributed by atoms with Crippen molar-refractivity contribution in [2.75, 3.05) is 0 Å². The number of hydrogen-bond donors (Lipinski definition) is 2. The molecule has 1 saturated heterocycles. The Bertz CT molecular complexity index is 745. The monoisotopic (exact) mass is 325 g/mol. The van der Waals surface area contributed by atoms with Crippen LogP contribution in [0.1, 0.15) is 24.0 Å². The van der Waals surface area contributed by atoms with Crippen LogP contribution >= 0.6 is 0 Å². The lowest BCUT2D eigenvalue weighted by Gasteiger charge is -2.38. The fourth-order valence-electron chi connectivity index (χ4n) is 3.33. The topological polar surface area (TPSA) is 70.2 Å². The van der Waals surface area contributed by atoms with Crippen LogP contribution in [-0.2, 0) is 17.8 Å². The van der Waals surface area contributed by atoms with Gasteiger partial charge in [-0.15, -0.1) is 0 Å². The maximum absolute atomic E-state index is 13.1. The number of likely N-dealkylation sites (tertiary alicyclic amines) is 1. The van der Waals surface area contributed by atoms with E-state index in [1.807, 2.05) is 30.3 Å².